The van der Waals surface area contributed by atoms with Crippen molar-refractivity contribution in [1.29, 1.82) is 10.5 Å². The molecule has 5 heteroatoms. The van der Waals surface area contributed by atoms with Crippen LogP contribution in [-0.2, 0) is 4.79 Å². The van der Waals surface area contributed by atoms with Crippen molar-refractivity contribution < 1.29 is 4.79 Å². The van der Waals surface area contributed by atoms with Crippen molar-refractivity contribution in [3.8, 4) is 12.1 Å². The van der Waals surface area contributed by atoms with Crippen LogP contribution in [-0.4, -0.2) is 35.0 Å². The van der Waals surface area contributed by atoms with Crippen LogP contribution in [0, 0.1) is 28.1 Å². The molecule has 1 aliphatic rings. The Morgan fingerprint density at radius 1 is 1.15 bits per heavy atom. The quantitative estimate of drug-likeness (QED) is 0.852. The van der Waals surface area contributed by atoms with Crippen molar-refractivity contribution in [2.75, 3.05) is 6.54 Å². The van der Waals surface area contributed by atoms with E-state index >= 15 is 0 Å². The number of carbonyl (C=O) groups is 1. The topological polar surface area (TPSA) is 79.9 Å². The number of nitrogens with one attached hydrogen (secondary N) is 1. The first-order valence-electron chi connectivity index (χ1n) is 6.99. The number of nitrogens with zero attached hydrogens (tertiary/aromatic N) is 3. The molecule has 5 nitrogen and oxygen atoms in total. The number of carbonyl (C=O) groups excluding carboxylic acids is 1. The van der Waals surface area contributed by atoms with E-state index in [4.69, 9.17) is 10.5 Å². The maximum atomic E-state index is 12.3. The molecule has 1 saturated heterocycles. The molecule has 1 aliphatic heterocycles. The highest BCUT2D eigenvalue weighted by atomic mass is 16.2. The second kappa shape index (κ2) is 5.81. The van der Waals surface area contributed by atoms with Crippen LogP contribution in [0.2, 0.25) is 0 Å². The number of amides is 1. The standard InChI is InChI=1S/C15H24N4O/c1-14(2,3)15(4,5)18-10-13(20)19-11(8-16)6-7-12(19)9-17/h11-12,18H,6-7,10H2,1-5H3/t11-,12+. The lowest BCUT2D eigenvalue weighted by atomic mass is 9.76. The second-order valence-corrected chi connectivity index (χ2v) is 6.90. The predicted octanol–water partition coefficient (Wildman–Crippen LogP) is 1.81. The van der Waals surface area contributed by atoms with Crippen LogP contribution in [0.3, 0.4) is 0 Å². The zero-order chi connectivity index (χ0) is 15.6. The summed E-state index contributed by atoms with van der Waals surface area (Å²) in [6.45, 7) is 10.6. The summed E-state index contributed by atoms with van der Waals surface area (Å²) < 4.78 is 0. The molecule has 0 aliphatic carbocycles. The first-order chi connectivity index (χ1) is 9.14. The van der Waals surface area contributed by atoms with Crippen LogP contribution < -0.4 is 5.32 Å². The van der Waals surface area contributed by atoms with Gasteiger partial charge in [0.05, 0.1) is 18.7 Å². The lowest BCUT2D eigenvalue weighted by molar-refractivity contribution is -0.131. The summed E-state index contributed by atoms with van der Waals surface area (Å²) in [5.74, 6) is -0.169. The van der Waals surface area contributed by atoms with Gasteiger partial charge in [0.2, 0.25) is 5.91 Å². The fourth-order valence-corrected chi connectivity index (χ4v) is 2.07. The summed E-state index contributed by atoms with van der Waals surface area (Å²) in [4.78, 5) is 13.8. The molecule has 0 unspecified atom stereocenters. The molecule has 0 aromatic heterocycles. The van der Waals surface area contributed by atoms with Crippen LogP contribution in [0.15, 0.2) is 0 Å². The summed E-state index contributed by atoms with van der Waals surface area (Å²) >= 11 is 0. The van der Waals surface area contributed by atoms with Crippen LogP contribution in [0.5, 0.6) is 0 Å². The van der Waals surface area contributed by atoms with Crippen LogP contribution in [0.25, 0.3) is 0 Å². The number of likely N-dealkylation sites (tertiary alicyclic amines) is 1. The Balaban J connectivity index is 2.72. The van der Waals surface area contributed by atoms with Gasteiger partial charge in [-0.15, -0.1) is 0 Å². The van der Waals surface area contributed by atoms with Gasteiger partial charge in [0.15, 0.2) is 0 Å². The minimum absolute atomic E-state index is 0.00154. The molecule has 0 saturated carbocycles. The maximum Gasteiger partial charge on any atom is 0.238 e. The summed E-state index contributed by atoms with van der Waals surface area (Å²) in [5.41, 5.74) is -0.214. The van der Waals surface area contributed by atoms with E-state index in [-0.39, 0.29) is 23.4 Å². The predicted molar refractivity (Wildman–Crippen MR) is 76.4 cm³/mol. The minimum Gasteiger partial charge on any atom is -0.310 e. The third kappa shape index (κ3) is 3.29. The molecule has 1 amide bonds. The monoisotopic (exact) mass is 276 g/mol. The largest absolute Gasteiger partial charge is 0.310 e. The van der Waals surface area contributed by atoms with Crippen molar-refractivity contribution in [2.24, 2.45) is 5.41 Å². The zero-order valence-corrected chi connectivity index (χ0v) is 13.0. The van der Waals surface area contributed by atoms with Gasteiger partial charge < -0.3 is 10.2 Å². The lowest BCUT2D eigenvalue weighted by Crippen LogP contribution is -2.54. The van der Waals surface area contributed by atoms with E-state index in [0.29, 0.717) is 12.8 Å². The molecule has 1 rings (SSSR count). The van der Waals surface area contributed by atoms with Crippen molar-refractivity contribution >= 4 is 5.91 Å². The van der Waals surface area contributed by atoms with Gasteiger partial charge in [-0.1, -0.05) is 20.8 Å². The summed E-state index contributed by atoms with van der Waals surface area (Å²) in [6.07, 6.45) is 1.17. The smallest absolute Gasteiger partial charge is 0.238 e. The fourth-order valence-electron chi connectivity index (χ4n) is 2.07. The van der Waals surface area contributed by atoms with Gasteiger partial charge >= 0.3 is 0 Å². The normalized spacial score (nSPS) is 23.2. The van der Waals surface area contributed by atoms with E-state index in [0.717, 1.165) is 0 Å². The van der Waals surface area contributed by atoms with E-state index in [1.165, 1.54) is 4.90 Å². The summed E-state index contributed by atoms with van der Waals surface area (Å²) in [7, 11) is 0. The Labute approximate surface area is 121 Å². The van der Waals surface area contributed by atoms with Crippen LogP contribution >= 0.6 is 0 Å². The molecule has 2 atom stereocenters. The van der Waals surface area contributed by atoms with E-state index < -0.39 is 12.1 Å². The third-order valence-electron chi connectivity index (χ3n) is 4.53. The highest BCUT2D eigenvalue weighted by Gasteiger charge is 2.38. The lowest BCUT2D eigenvalue weighted by Gasteiger charge is -2.40. The Morgan fingerprint density at radius 2 is 1.60 bits per heavy atom. The molecule has 20 heavy (non-hydrogen) atoms. The average molecular weight is 276 g/mol. The number of hydrogen-bond donors (Lipinski definition) is 1. The van der Waals surface area contributed by atoms with E-state index in [1.807, 2.05) is 13.8 Å². The molecule has 0 aromatic carbocycles. The number of nitriles is 2. The van der Waals surface area contributed by atoms with Gasteiger partial charge in [-0.05, 0) is 32.1 Å². The van der Waals surface area contributed by atoms with Gasteiger partial charge in [0.25, 0.3) is 0 Å². The molecule has 1 N–H and O–H groups in total. The Bertz CT molecular complexity index is 428. The molecule has 0 aromatic rings. The Hall–Kier alpha value is -1.59. The Kier molecular flexibility index (Phi) is 4.78. The van der Waals surface area contributed by atoms with Gasteiger partial charge in [-0.25, -0.2) is 0 Å². The molecule has 1 fully saturated rings. The van der Waals surface area contributed by atoms with Crippen LogP contribution in [0.4, 0.5) is 0 Å². The van der Waals surface area contributed by atoms with Crippen molar-refractivity contribution in [3.63, 3.8) is 0 Å². The van der Waals surface area contributed by atoms with Gasteiger partial charge in [0.1, 0.15) is 12.1 Å². The van der Waals surface area contributed by atoms with Crippen molar-refractivity contribution in [1.82, 2.24) is 10.2 Å². The first kappa shape index (κ1) is 16.5. The van der Waals surface area contributed by atoms with E-state index in [1.54, 1.807) is 0 Å². The van der Waals surface area contributed by atoms with Gasteiger partial charge in [-0.2, -0.15) is 10.5 Å². The third-order valence-corrected chi connectivity index (χ3v) is 4.53. The molecule has 110 valence electrons. The minimum atomic E-state index is -0.466. The highest BCUT2D eigenvalue weighted by molar-refractivity contribution is 5.80. The van der Waals surface area contributed by atoms with E-state index in [9.17, 15) is 4.79 Å². The molecular weight excluding hydrogens is 252 g/mol. The highest BCUT2D eigenvalue weighted by Crippen LogP contribution is 2.29. The molecule has 0 spiro atoms. The van der Waals surface area contributed by atoms with Gasteiger partial charge in [-0.3, -0.25) is 4.79 Å². The summed E-state index contributed by atoms with van der Waals surface area (Å²) in [5, 5.41) is 21.4. The SMILES string of the molecule is CC(C)(C)C(C)(C)NCC(=O)N1[C@H](C#N)CC[C@@H]1C#N. The second-order valence-electron chi connectivity index (χ2n) is 6.90. The molecule has 1 heterocycles. The molecule has 0 radical (unpaired) electrons. The molecular formula is C15H24N4O. The first-order valence-corrected chi connectivity index (χ1v) is 6.99. The zero-order valence-electron chi connectivity index (χ0n) is 13.0. The van der Waals surface area contributed by atoms with Crippen molar-refractivity contribution in [3.05, 3.63) is 0 Å². The van der Waals surface area contributed by atoms with Crippen molar-refractivity contribution in [2.45, 2.75) is 65.1 Å². The fraction of sp³-hybridized carbons (Fsp3) is 0.800. The Morgan fingerprint density at radius 3 is 1.95 bits per heavy atom. The maximum absolute atomic E-state index is 12.3. The van der Waals surface area contributed by atoms with E-state index in [2.05, 4.69) is 38.2 Å². The average Bonchev–Trinajstić information content (AvgIpc) is 2.77. The number of rotatable bonds is 3. The van der Waals surface area contributed by atoms with Gasteiger partial charge in [0, 0.05) is 5.54 Å². The summed E-state index contributed by atoms with van der Waals surface area (Å²) in [6, 6.07) is 3.29. The number of hydrogen-bond acceptors (Lipinski definition) is 4. The molecule has 0 bridgehead atoms. The van der Waals surface area contributed by atoms with Crippen LogP contribution in [0.1, 0.15) is 47.5 Å².